The van der Waals surface area contributed by atoms with E-state index in [4.69, 9.17) is 0 Å². The number of aliphatic carboxylic acids is 1. The van der Waals surface area contributed by atoms with Crippen LogP contribution in [-0.2, 0) is 11.3 Å². The van der Waals surface area contributed by atoms with Gasteiger partial charge >= 0.3 is 12.0 Å². The number of hydrogen-bond acceptors (Lipinski definition) is 3. The number of hydrogen-bond donors (Lipinski definition) is 2. The zero-order valence-electron chi connectivity index (χ0n) is 12.2. The van der Waals surface area contributed by atoms with Crippen molar-refractivity contribution in [2.45, 2.75) is 38.2 Å². The van der Waals surface area contributed by atoms with Gasteiger partial charge in [-0.1, -0.05) is 36.8 Å². The van der Waals surface area contributed by atoms with E-state index in [2.05, 4.69) is 5.32 Å². The summed E-state index contributed by atoms with van der Waals surface area (Å²) >= 11 is 1.52. The van der Waals surface area contributed by atoms with Gasteiger partial charge in [0.2, 0.25) is 0 Å². The summed E-state index contributed by atoms with van der Waals surface area (Å²) in [6, 6.07) is 6.85. The molecule has 1 fully saturated rings. The molecular formula is C15H20N2O3S. The van der Waals surface area contributed by atoms with Gasteiger partial charge in [-0.05, 0) is 18.9 Å². The van der Waals surface area contributed by atoms with Gasteiger partial charge in [0.05, 0.1) is 5.37 Å². The molecule has 5 nitrogen and oxygen atoms in total. The van der Waals surface area contributed by atoms with Gasteiger partial charge in [0.15, 0.2) is 0 Å². The first-order chi connectivity index (χ1) is 10.0. The number of aryl methyl sites for hydroxylation is 1. The summed E-state index contributed by atoms with van der Waals surface area (Å²) < 4.78 is 0. The molecule has 1 aliphatic heterocycles. The molecule has 0 bridgehead atoms. The van der Waals surface area contributed by atoms with Crippen LogP contribution in [0.2, 0.25) is 0 Å². The van der Waals surface area contributed by atoms with E-state index < -0.39 is 12.0 Å². The highest BCUT2D eigenvalue weighted by Crippen LogP contribution is 2.31. The highest BCUT2D eigenvalue weighted by Gasteiger charge is 2.40. The lowest BCUT2D eigenvalue weighted by molar-refractivity contribution is -0.141. The number of carbonyl (C=O) groups is 2. The SMILES string of the molecule is CCC1SCC(C(=O)O)N1C(=O)NCc1ccc(C)cc1. The number of urea groups is 1. The van der Waals surface area contributed by atoms with Crippen LogP contribution in [0.3, 0.4) is 0 Å². The van der Waals surface area contributed by atoms with Crippen molar-refractivity contribution in [3.8, 4) is 0 Å². The maximum atomic E-state index is 12.3. The van der Waals surface area contributed by atoms with E-state index in [1.807, 2.05) is 38.1 Å². The fourth-order valence-corrected chi connectivity index (χ4v) is 3.66. The number of nitrogens with zero attached hydrogens (tertiary/aromatic N) is 1. The Morgan fingerprint density at radius 3 is 2.62 bits per heavy atom. The van der Waals surface area contributed by atoms with Crippen LogP contribution in [0.1, 0.15) is 24.5 Å². The van der Waals surface area contributed by atoms with E-state index in [1.54, 1.807) is 0 Å². The van der Waals surface area contributed by atoms with Crippen molar-refractivity contribution in [3.05, 3.63) is 35.4 Å². The summed E-state index contributed by atoms with van der Waals surface area (Å²) in [5.74, 6) is -0.491. The van der Waals surface area contributed by atoms with Crippen molar-refractivity contribution in [2.24, 2.45) is 0 Å². The average Bonchev–Trinajstić information content (AvgIpc) is 2.90. The number of thioether (sulfide) groups is 1. The van der Waals surface area contributed by atoms with Gasteiger partial charge in [0.25, 0.3) is 0 Å². The van der Waals surface area contributed by atoms with Gasteiger partial charge < -0.3 is 10.4 Å². The van der Waals surface area contributed by atoms with Gasteiger partial charge in [-0.15, -0.1) is 11.8 Å². The van der Waals surface area contributed by atoms with Crippen LogP contribution in [-0.4, -0.2) is 39.2 Å². The fraction of sp³-hybridized carbons (Fsp3) is 0.467. The van der Waals surface area contributed by atoms with E-state index in [0.717, 1.165) is 17.5 Å². The van der Waals surface area contributed by atoms with Gasteiger partial charge in [0.1, 0.15) is 6.04 Å². The molecule has 0 aliphatic carbocycles. The summed E-state index contributed by atoms with van der Waals surface area (Å²) in [6.07, 6.45) is 0.742. The number of nitrogens with one attached hydrogen (secondary N) is 1. The van der Waals surface area contributed by atoms with Gasteiger partial charge in [-0.25, -0.2) is 9.59 Å². The second-order valence-electron chi connectivity index (χ2n) is 5.10. The summed E-state index contributed by atoms with van der Waals surface area (Å²) in [5.41, 5.74) is 2.17. The normalized spacial score (nSPS) is 21.3. The molecule has 1 aliphatic rings. The Bertz CT molecular complexity index is 518. The van der Waals surface area contributed by atoms with Crippen molar-refractivity contribution in [1.29, 1.82) is 0 Å². The molecule has 0 radical (unpaired) electrons. The molecule has 21 heavy (non-hydrogen) atoms. The molecule has 1 saturated heterocycles. The predicted molar refractivity (Wildman–Crippen MR) is 83.2 cm³/mol. The molecule has 1 heterocycles. The highest BCUT2D eigenvalue weighted by molar-refractivity contribution is 8.00. The predicted octanol–water partition coefficient (Wildman–Crippen LogP) is 2.44. The number of rotatable bonds is 4. The van der Waals surface area contributed by atoms with Crippen molar-refractivity contribution in [3.63, 3.8) is 0 Å². The summed E-state index contributed by atoms with van der Waals surface area (Å²) in [5, 5.41) is 12.0. The first-order valence-electron chi connectivity index (χ1n) is 6.99. The van der Waals surface area contributed by atoms with Crippen LogP contribution in [0.25, 0.3) is 0 Å². The number of carboxylic acid groups (broad SMARTS) is 1. The van der Waals surface area contributed by atoms with Crippen LogP contribution in [0, 0.1) is 6.92 Å². The number of amides is 2. The fourth-order valence-electron chi connectivity index (χ4n) is 2.32. The molecule has 2 unspecified atom stereocenters. The summed E-state index contributed by atoms with van der Waals surface area (Å²) in [7, 11) is 0. The minimum atomic E-state index is -0.941. The lowest BCUT2D eigenvalue weighted by Gasteiger charge is -2.26. The Morgan fingerprint density at radius 1 is 1.38 bits per heavy atom. The van der Waals surface area contributed by atoms with E-state index in [1.165, 1.54) is 16.7 Å². The molecule has 0 aromatic heterocycles. The number of carbonyl (C=O) groups excluding carboxylic acids is 1. The van der Waals surface area contributed by atoms with Crippen molar-refractivity contribution < 1.29 is 14.7 Å². The topological polar surface area (TPSA) is 69.6 Å². The largest absolute Gasteiger partial charge is 0.480 e. The zero-order valence-corrected chi connectivity index (χ0v) is 13.0. The van der Waals surface area contributed by atoms with Crippen molar-refractivity contribution >= 4 is 23.8 Å². The van der Waals surface area contributed by atoms with E-state index in [-0.39, 0.29) is 11.4 Å². The Morgan fingerprint density at radius 2 is 2.05 bits per heavy atom. The van der Waals surface area contributed by atoms with Gasteiger partial charge in [-0.2, -0.15) is 0 Å². The van der Waals surface area contributed by atoms with E-state index >= 15 is 0 Å². The molecule has 1 aromatic carbocycles. The molecule has 2 amide bonds. The zero-order chi connectivity index (χ0) is 15.4. The smallest absolute Gasteiger partial charge is 0.327 e. The lowest BCUT2D eigenvalue weighted by atomic mass is 10.1. The monoisotopic (exact) mass is 308 g/mol. The van der Waals surface area contributed by atoms with Crippen LogP contribution < -0.4 is 5.32 Å². The first-order valence-corrected chi connectivity index (χ1v) is 8.04. The third kappa shape index (κ3) is 3.69. The molecule has 114 valence electrons. The van der Waals surface area contributed by atoms with E-state index in [0.29, 0.717) is 12.3 Å². The molecule has 2 atom stereocenters. The molecular weight excluding hydrogens is 288 g/mol. The number of carboxylic acids is 1. The molecule has 2 N–H and O–H groups in total. The quantitative estimate of drug-likeness (QED) is 0.896. The van der Waals surface area contributed by atoms with Crippen LogP contribution in [0.15, 0.2) is 24.3 Å². The van der Waals surface area contributed by atoms with Crippen molar-refractivity contribution in [2.75, 3.05) is 5.75 Å². The maximum Gasteiger partial charge on any atom is 0.327 e. The Hall–Kier alpha value is -1.69. The molecule has 1 aromatic rings. The third-order valence-corrected chi connectivity index (χ3v) is 4.98. The second kappa shape index (κ2) is 6.85. The molecule has 6 heteroatoms. The van der Waals surface area contributed by atoms with Crippen LogP contribution in [0.5, 0.6) is 0 Å². The number of benzene rings is 1. The van der Waals surface area contributed by atoms with Crippen molar-refractivity contribution in [1.82, 2.24) is 10.2 Å². The Labute approximate surface area is 128 Å². The highest BCUT2D eigenvalue weighted by atomic mass is 32.2. The Balaban J connectivity index is 2.00. The summed E-state index contributed by atoms with van der Waals surface area (Å²) in [6.45, 7) is 4.37. The standard InChI is InChI=1S/C15H20N2O3S/c1-3-13-17(12(9-21-13)14(18)19)15(20)16-8-11-6-4-10(2)5-7-11/h4-7,12-13H,3,8-9H2,1-2H3,(H,16,20)(H,18,19). The Kier molecular flexibility index (Phi) is 5.12. The minimum Gasteiger partial charge on any atom is -0.480 e. The van der Waals surface area contributed by atoms with Crippen LogP contribution >= 0.6 is 11.8 Å². The van der Waals surface area contributed by atoms with Crippen LogP contribution in [0.4, 0.5) is 4.79 Å². The molecule has 2 rings (SSSR count). The van der Waals surface area contributed by atoms with E-state index in [9.17, 15) is 14.7 Å². The third-order valence-electron chi connectivity index (χ3n) is 3.53. The molecule has 0 spiro atoms. The average molecular weight is 308 g/mol. The summed E-state index contributed by atoms with van der Waals surface area (Å²) in [4.78, 5) is 25.0. The van der Waals surface area contributed by atoms with Gasteiger partial charge in [-0.3, -0.25) is 4.90 Å². The van der Waals surface area contributed by atoms with Gasteiger partial charge in [0, 0.05) is 12.3 Å². The second-order valence-corrected chi connectivity index (χ2v) is 6.31. The lowest BCUT2D eigenvalue weighted by Crippen LogP contribution is -2.49. The first kappa shape index (κ1) is 15.7. The molecule has 0 saturated carbocycles. The maximum absolute atomic E-state index is 12.3. The minimum absolute atomic E-state index is 0.0656.